The lowest BCUT2D eigenvalue weighted by atomic mass is 10.1. The molecule has 8 heteroatoms. The van der Waals surface area contributed by atoms with Crippen molar-refractivity contribution in [3.8, 4) is 28.8 Å². The minimum absolute atomic E-state index is 0.0546. The van der Waals surface area contributed by atoms with Gasteiger partial charge in [0.15, 0.2) is 0 Å². The van der Waals surface area contributed by atoms with Gasteiger partial charge in [-0.3, -0.25) is 4.79 Å². The quantitative estimate of drug-likeness (QED) is 0.159. The van der Waals surface area contributed by atoms with Crippen LogP contribution in [0.4, 0.5) is 0 Å². The normalized spacial score (nSPS) is 11.2. The summed E-state index contributed by atoms with van der Waals surface area (Å²) in [6.45, 7) is 2.86. The summed E-state index contributed by atoms with van der Waals surface area (Å²) >= 11 is 6.51. The van der Waals surface area contributed by atoms with Crippen LogP contribution in [-0.2, 0) is 11.3 Å². The molecule has 2 aromatic heterocycles. The maximum Gasteiger partial charge on any atom is 0.262 e. The molecule has 0 radical (unpaired) electrons. The number of rotatable bonds is 10. The van der Waals surface area contributed by atoms with E-state index in [9.17, 15) is 10.1 Å². The van der Waals surface area contributed by atoms with Gasteiger partial charge in [0, 0.05) is 17.3 Å². The van der Waals surface area contributed by atoms with Crippen LogP contribution in [0.1, 0.15) is 31.1 Å². The van der Waals surface area contributed by atoms with E-state index >= 15 is 0 Å². The average molecular weight is 501 g/mol. The minimum atomic E-state index is -0.509. The Balaban J connectivity index is 1.68. The molecular formula is C28H25ClN4O3. The molecule has 2 heterocycles. The Morgan fingerprint density at radius 3 is 2.75 bits per heavy atom. The molecule has 7 nitrogen and oxygen atoms in total. The van der Waals surface area contributed by atoms with E-state index in [1.807, 2.05) is 48.5 Å². The van der Waals surface area contributed by atoms with E-state index in [0.29, 0.717) is 34.4 Å². The number of benzene rings is 2. The standard InChI is InChI=1S/C28H25ClN4O3/c1-2-3-13-36-26-12-11-20(16-25(26)29)27-22(19-33(32-27)23-8-5-4-6-9-23)15-21(17-30)28(34)31-18-24-10-7-14-35-24/h4-12,14-16,19H,2-3,13,18H2,1H3,(H,31,34). The molecule has 0 aliphatic carbocycles. The smallest absolute Gasteiger partial charge is 0.262 e. The Hall–Kier alpha value is -4.28. The fourth-order valence-corrected chi connectivity index (χ4v) is 3.74. The Morgan fingerprint density at radius 2 is 2.06 bits per heavy atom. The van der Waals surface area contributed by atoms with Gasteiger partial charge in [0.25, 0.3) is 5.91 Å². The molecule has 0 atom stereocenters. The lowest BCUT2D eigenvalue weighted by Gasteiger charge is -2.09. The van der Waals surface area contributed by atoms with Crippen LogP contribution in [0.15, 0.2) is 83.1 Å². The zero-order valence-corrected chi connectivity index (χ0v) is 20.5. The number of nitriles is 1. The number of amides is 1. The van der Waals surface area contributed by atoms with Crippen molar-refractivity contribution in [3.63, 3.8) is 0 Å². The summed E-state index contributed by atoms with van der Waals surface area (Å²) in [7, 11) is 0. The number of carbonyl (C=O) groups excluding carboxylic acids is 1. The Morgan fingerprint density at radius 1 is 1.22 bits per heavy atom. The van der Waals surface area contributed by atoms with Crippen LogP contribution in [0.3, 0.4) is 0 Å². The number of aromatic nitrogens is 2. The van der Waals surface area contributed by atoms with E-state index in [1.54, 1.807) is 29.1 Å². The highest BCUT2D eigenvalue weighted by Crippen LogP contribution is 2.32. The van der Waals surface area contributed by atoms with Crippen LogP contribution >= 0.6 is 11.6 Å². The lowest BCUT2D eigenvalue weighted by Crippen LogP contribution is -2.23. The third kappa shape index (κ3) is 6.04. The van der Waals surface area contributed by atoms with E-state index in [4.69, 9.17) is 25.9 Å². The van der Waals surface area contributed by atoms with Crippen LogP contribution < -0.4 is 10.1 Å². The first-order valence-corrected chi connectivity index (χ1v) is 12.0. The molecule has 0 aliphatic heterocycles. The fraction of sp³-hybridized carbons (Fsp3) is 0.179. The number of nitrogens with zero attached hydrogens (tertiary/aromatic N) is 3. The molecule has 2 aromatic carbocycles. The Bertz CT molecular complexity index is 1390. The summed E-state index contributed by atoms with van der Waals surface area (Å²) in [4.78, 5) is 12.7. The van der Waals surface area contributed by atoms with Crippen molar-refractivity contribution in [1.29, 1.82) is 5.26 Å². The third-order valence-corrected chi connectivity index (χ3v) is 5.69. The summed E-state index contributed by atoms with van der Waals surface area (Å²) in [6, 6.07) is 20.5. The average Bonchev–Trinajstić information content (AvgIpc) is 3.58. The van der Waals surface area contributed by atoms with Crippen molar-refractivity contribution < 1.29 is 13.9 Å². The fourth-order valence-electron chi connectivity index (χ4n) is 3.50. The van der Waals surface area contributed by atoms with Crippen LogP contribution in [0, 0.1) is 11.3 Å². The van der Waals surface area contributed by atoms with Crippen molar-refractivity contribution in [2.75, 3.05) is 6.61 Å². The molecule has 0 fully saturated rings. The maximum atomic E-state index is 12.7. The molecule has 0 saturated heterocycles. The van der Waals surface area contributed by atoms with Gasteiger partial charge in [-0.1, -0.05) is 43.1 Å². The van der Waals surface area contributed by atoms with Crippen molar-refractivity contribution in [2.45, 2.75) is 26.3 Å². The number of carbonyl (C=O) groups is 1. The number of hydrogen-bond donors (Lipinski definition) is 1. The van der Waals surface area contributed by atoms with Crippen molar-refractivity contribution in [3.05, 3.63) is 95.0 Å². The molecule has 1 N–H and O–H groups in total. The van der Waals surface area contributed by atoms with Gasteiger partial charge in [-0.25, -0.2) is 4.68 Å². The van der Waals surface area contributed by atoms with E-state index < -0.39 is 5.91 Å². The number of ether oxygens (including phenoxy) is 1. The summed E-state index contributed by atoms with van der Waals surface area (Å²) in [5.74, 6) is 0.683. The van der Waals surface area contributed by atoms with Gasteiger partial charge >= 0.3 is 0 Å². The molecule has 0 saturated carbocycles. The third-order valence-electron chi connectivity index (χ3n) is 5.39. The van der Waals surface area contributed by atoms with E-state index in [0.717, 1.165) is 24.1 Å². The van der Waals surface area contributed by atoms with E-state index in [1.165, 1.54) is 12.3 Å². The Labute approximate surface area is 214 Å². The van der Waals surface area contributed by atoms with Gasteiger partial charge in [0.2, 0.25) is 0 Å². The van der Waals surface area contributed by atoms with Gasteiger partial charge in [0.1, 0.15) is 28.8 Å². The van der Waals surface area contributed by atoms with Crippen LogP contribution in [0.25, 0.3) is 23.0 Å². The second-order valence-corrected chi connectivity index (χ2v) is 8.40. The molecule has 1 amide bonds. The SMILES string of the molecule is CCCCOc1ccc(-c2nn(-c3ccccc3)cc2C=C(C#N)C(=O)NCc2ccco2)cc1Cl. The highest BCUT2D eigenvalue weighted by Gasteiger charge is 2.16. The molecule has 0 bridgehead atoms. The summed E-state index contributed by atoms with van der Waals surface area (Å²) in [5.41, 5.74) is 2.69. The molecule has 182 valence electrons. The summed E-state index contributed by atoms with van der Waals surface area (Å²) in [6.07, 6.45) is 6.80. The van der Waals surface area contributed by atoms with Crippen LogP contribution in [0.2, 0.25) is 5.02 Å². The number of halogens is 1. The Kier molecular flexibility index (Phi) is 8.22. The largest absolute Gasteiger partial charge is 0.492 e. The highest BCUT2D eigenvalue weighted by molar-refractivity contribution is 6.32. The summed E-state index contributed by atoms with van der Waals surface area (Å²) < 4.78 is 12.7. The van der Waals surface area contributed by atoms with Crippen molar-refractivity contribution in [1.82, 2.24) is 15.1 Å². The zero-order chi connectivity index (χ0) is 25.3. The monoisotopic (exact) mass is 500 g/mol. The second-order valence-electron chi connectivity index (χ2n) is 7.99. The number of furan rings is 1. The highest BCUT2D eigenvalue weighted by atomic mass is 35.5. The van der Waals surface area contributed by atoms with Crippen molar-refractivity contribution in [2.24, 2.45) is 0 Å². The van der Waals surface area contributed by atoms with Gasteiger partial charge in [0.05, 0.1) is 30.1 Å². The minimum Gasteiger partial charge on any atom is -0.492 e. The molecule has 4 rings (SSSR count). The zero-order valence-electron chi connectivity index (χ0n) is 19.8. The number of hydrogen-bond acceptors (Lipinski definition) is 5. The van der Waals surface area contributed by atoms with Gasteiger partial charge in [-0.15, -0.1) is 0 Å². The molecule has 0 aliphatic rings. The molecular weight excluding hydrogens is 476 g/mol. The predicted molar refractivity (Wildman–Crippen MR) is 139 cm³/mol. The first-order valence-electron chi connectivity index (χ1n) is 11.6. The van der Waals surface area contributed by atoms with Gasteiger partial charge < -0.3 is 14.5 Å². The number of unbranched alkanes of at least 4 members (excludes halogenated alkanes) is 1. The first-order chi connectivity index (χ1) is 17.6. The number of para-hydroxylation sites is 1. The van der Waals surface area contributed by atoms with Crippen molar-refractivity contribution >= 4 is 23.6 Å². The predicted octanol–water partition coefficient (Wildman–Crippen LogP) is 6.19. The second kappa shape index (κ2) is 11.9. The number of nitrogens with one attached hydrogen (secondary N) is 1. The van der Waals surface area contributed by atoms with E-state index in [2.05, 4.69) is 12.2 Å². The lowest BCUT2D eigenvalue weighted by molar-refractivity contribution is -0.117. The maximum absolute atomic E-state index is 12.7. The van der Waals surface area contributed by atoms with Crippen LogP contribution in [-0.4, -0.2) is 22.3 Å². The first kappa shape index (κ1) is 24.8. The van der Waals surface area contributed by atoms with Gasteiger partial charge in [-0.2, -0.15) is 10.4 Å². The molecule has 4 aromatic rings. The molecule has 0 unspecified atom stereocenters. The molecule has 0 spiro atoms. The molecule has 36 heavy (non-hydrogen) atoms. The van der Waals surface area contributed by atoms with E-state index in [-0.39, 0.29) is 12.1 Å². The van der Waals surface area contributed by atoms with Gasteiger partial charge in [-0.05, 0) is 55.0 Å². The topological polar surface area (TPSA) is 93.1 Å². The van der Waals surface area contributed by atoms with Crippen LogP contribution in [0.5, 0.6) is 5.75 Å². The summed E-state index contributed by atoms with van der Waals surface area (Å²) in [5, 5.41) is 17.6.